The number of carboxylic acid groups (broad SMARTS) is 1. The maximum absolute atomic E-state index is 10.9. The first-order valence-corrected chi connectivity index (χ1v) is 6.36. The molecule has 2 aromatic rings. The minimum absolute atomic E-state index is 0.0197. The van der Waals surface area contributed by atoms with Gasteiger partial charge in [-0.3, -0.25) is 4.79 Å². The smallest absolute Gasteiger partial charge is 0.307 e. The number of hydrogen-bond donors (Lipinski definition) is 1. The predicted octanol–water partition coefficient (Wildman–Crippen LogP) is 4.16. The molecule has 18 heavy (non-hydrogen) atoms. The number of carboxylic acids is 1. The highest BCUT2D eigenvalue weighted by atomic mass is 35.5. The summed E-state index contributed by atoms with van der Waals surface area (Å²) >= 11 is 12.2. The van der Waals surface area contributed by atoms with Crippen LogP contribution in [-0.4, -0.2) is 15.6 Å². The van der Waals surface area contributed by atoms with Crippen LogP contribution in [-0.2, 0) is 11.2 Å². The normalized spacial score (nSPS) is 11.4. The molecule has 0 unspecified atom stereocenters. The van der Waals surface area contributed by atoms with Gasteiger partial charge in [0.15, 0.2) is 0 Å². The lowest BCUT2D eigenvalue weighted by molar-refractivity contribution is -0.136. The van der Waals surface area contributed by atoms with Crippen LogP contribution in [0.3, 0.4) is 0 Å². The van der Waals surface area contributed by atoms with Gasteiger partial charge in [0.25, 0.3) is 0 Å². The zero-order valence-electron chi connectivity index (χ0n) is 10.1. The summed E-state index contributed by atoms with van der Waals surface area (Å²) in [5.41, 5.74) is 1.56. The number of halogens is 2. The van der Waals surface area contributed by atoms with Gasteiger partial charge in [-0.05, 0) is 25.5 Å². The van der Waals surface area contributed by atoms with E-state index < -0.39 is 5.97 Å². The minimum atomic E-state index is -0.858. The van der Waals surface area contributed by atoms with E-state index in [0.717, 1.165) is 16.5 Å². The van der Waals surface area contributed by atoms with Crippen LogP contribution in [0.5, 0.6) is 0 Å². The Bertz CT molecular complexity index is 617. The van der Waals surface area contributed by atoms with Crippen LogP contribution in [0.15, 0.2) is 18.3 Å². The van der Waals surface area contributed by atoms with E-state index in [4.69, 9.17) is 28.3 Å². The molecule has 0 fully saturated rings. The standard InChI is InChI=1S/C13H13Cl2NO2/c1-7(2)16-6-8(5-11(17)18)9-3-4-10(14)12(15)13(9)16/h3-4,6-7H,5H2,1-2H3,(H,17,18). The van der Waals surface area contributed by atoms with Crippen LogP contribution in [0.4, 0.5) is 0 Å². The fraction of sp³-hybridized carbons (Fsp3) is 0.308. The van der Waals surface area contributed by atoms with E-state index in [1.807, 2.05) is 30.7 Å². The second kappa shape index (κ2) is 4.82. The molecule has 0 radical (unpaired) electrons. The molecule has 0 amide bonds. The maximum Gasteiger partial charge on any atom is 0.307 e. The number of rotatable bonds is 3. The molecule has 0 aliphatic carbocycles. The fourth-order valence-electron chi connectivity index (χ4n) is 2.06. The molecule has 5 heteroatoms. The lowest BCUT2D eigenvalue weighted by Crippen LogP contribution is -2.00. The van der Waals surface area contributed by atoms with Crippen molar-refractivity contribution in [1.29, 1.82) is 0 Å². The van der Waals surface area contributed by atoms with Gasteiger partial charge in [-0.1, -0.05) is 29.3 Å². The van der Waals surface area contributed by atoms with Crippen molar-refractivity contribution in [1.82, 2.24) is 4.57 Å². The Balaban J connectivity index is 2.76. The molecule has 0 saturated heterocycles. The number of carbonyl (C=O) groups is 1. The molecule has 0 spiro atoms. The second-order valence-corrected chi connectivity index (χ2v) is 5.27. The molecule has 1 N–H and O–H groups in total. The van der Waals surface area contributed by atoms with Gasteiger partial charge < -0.3 is 9.67 Å². The van der Waals surface area contributed by atoms with Crippen molar-refractivity contribution in [3.05, 3.63) is 33.9 Å². The molecule has 0 aliphatic heterocycles. The number of aromatic nitrogens is 1. The first-order chi connectivity index (χ1) is 8.41. The number of benzene rings is 1. The van der Waals surface area contributed by atoms with Gasteiger partial charge in [-0.25, -0.2) is 0 Å². The minimum Gasteiger partial charge on any atom is -0.481 e. The first kappa shape index (κ1) is 13.2. The fourth-order valence-corrected chi connectivity index (χ4v) is 2.48. The molecule has 2 rings (SSSR count). The Morgan fingerprint density at radius 3 is 2.61 bits per heavy atom. The van der Waals surface area contributed by atoms with Gasteiger partial charge in [-0.15, -0.1) is 0 Å². The zero-order chi connectivity index (χ0) is 13.4. The van der Waals surface area contributed by atoms with Gasteiger partial charge in [-0.2, -0.15) is 0 Å². The van der Waals surface area contributed by atoms with Crippen molar-refractivity contribution in [2.75, 3.05) is 0 Å². The summed E-state index contributed by atoms with van der Waals surface area (Å²) in [4.78, 5) is 10.9. The van der Waals surface area contributed by atoms with Gasteiger partial charge in [0, 0.05) is 17.6 Å². The van der Waals surface area contributed by atoms with Crippen LogP contribution in [0.25, 0.3) is 10.9 Å². The number of nitrogens with zero attached hydrogens (tertiary/aromatic N) is 1. The van der Waals surface area contributed by atoms with Crippen molar-refractivity contribution >= 4 is 40.1 Å². The van der Waals surface area contributed by atoms with Crippen LogP contribution >= 0.6 is 23.2 Å². The molecule has 0 saturated carbocycles. The Kier molecular flexibility index (Phi) is 3.55. The molecular formula is C13H13Cl2NO2. The third-order valence-electron chi connectivity index (χ3n) is 2.87. The Morgan fingerprint density at radius 2 is 2.06 bits per heavy atom. The van der Waals surface area contributed by atoms with E-state index in [1.165, 1.54) is 0 Å². The van der Waals surface area contributed by atoms with E-state index >= 15 is 0 Å². The average Bonchev–Trinajstić information content (AvgIpc) is 2.62. The first-order valence-electron chi connectivity index (χ1n) is 5.61. The highest BCUT2D eigenvalue weighted by Gasteiger charge is 2.16. The van der Waals surface area contributed by atoms with Crippen LogP contribution in [0.1, 0.15) is 25.5 Å². The summed E-state index contributed by atoms with van der Waals surface area (Å²) in [6, 6.07) is 3.70. The van der Waals surface area contributed by atoms with E-state index in [0.29, 0.717) is 10.0 Å². The second-order valence-electron chi connectivity index (χ2n) is 4.48. The monoisotopic (exact) mass is 285 g/mol. The molecule has 0 atom stereocenters. The third-order valence-corrected chi connectivity index (χ3v) is 3.66. The molecule has 1 aromatic heterocycles. The maximum atomic E-state index is 10.9. The molecule has 1 heterocycles. The molecule has 0 bridgehead atoms. The van der Waals surface area contributed by atoms with E-state index in [-0.39, 0.29) is 12.5 Å². The molecule has 1 aromatic carbocycles. The van der Waals surface area contributed by atoms with E-state index in [2.05, 4.69) is 0 Å². The lowest BCUT2D eigenvalue weighted by Gasteiger charge is -2.10. The van der Waals surface area contributed by atoms with Crippen molar-refractivity contribution in [3.8, 4) is 0 Å². The molecule has 96 valence electrons. The summed E-state index contributed by atoms with van der Waals surface area (Å²) < 4.78 is 1.96. The lowest BCUT2D eigenvalue weighted by atomic mass is 10.1. The largest absolute Gasteiger partial charge is 0.481 e. The summed E-state index contributed by atoms with van der Waals surface area (Å²) in [5, 5.41) is 10.7. The van der Waals surface area contributed by atoms with Gasteiger partial charge in [0.05, 0.1) is 22.0 Å². The summed E-state index contributed by atoms with van der Waals surface area (Å²) in [7, 11) is 0. The van der Waals surface area contributed by atoms with Crippen LogP contribution in [0, 0.1) is 0 Å². The van der Waals surface area contributed by atoms with E-state index in [9.17, 15) is 4.79 Å². The molecular weight excluding hydrogens is 273 g/mol. The molecule has 3 nitrogen and oxygen atoms in total. The van der Waals surface area contributed by atoms with Crippen molar-refractivity contribution in [2.24, 2.45) is 0 Å². The Hall–Kier alpha value is -1.19. The topological polar surface area (TPSA) is 42.2 Å². The van der Waals surface area contributed by atoms with Crippen molar-refractivity contribution < 1.29 is 9.90 Å². The zero-order valence-corrected chi connectivity index (χ0v) is 11.6. The van der Waals surface area contributed by atoms with Gasteiger partial charge in [0.1, 0.15) is 0 Å². The van der Waals surface area contributed by atoms with Crippen molar-refractivity contribution in [2.45, 2.75) is 26.3 Å². The summed E-state index contributed by atoms with van der Waals surface area (Å²) in [6.45, 7) is 4.03. The van der Waals surface area contributed by atoms with Gasteiger partial charge >= 0.3 is 5.97 Å². The summed E-state index contributed by atoms with van der Waals surface area (Å²) in [5.74, 6) is -0.858. The van der Waals surface area contributed by atoms with E-state index in [1.54, 1.807) is 6.07 Å². The highest BCUT2D eigenvalue weighted by Crippen LogP contribution is 2.35. The number of hydrogen-bond acceptors (Lipinski definition) is 1. The number of fused-ring (bicyclic) bond motifs is 1. The summed E-state index contributed by atoms with van der Waals surface area (Å²) in [6.07, 6.45) is 1.82. The third kappa shape index (κ3) is 2.20. The SMILES string of the molecule is CC(C)n1cc(CC(=O)O)c2ccc(Cl)c(Cl)c21. The quantitative estimate of drug-likeness (QED) is 0.920. The molecule has 0 aliphatic rings. The average molecular weight is 286 g/mol. The van der Waals surface area contributed by atoms with Crippen LogP contribution < -0.4 is 0 Å². The Labute approximate surface area is 115 Å². The predicted molar refractivity (Wildman–Crippen MR) is 73.7 cm³/mol. The van der Waals surface area contributed by atoms with Crippen LogP contribution in [0.2, 0.25) is 10.0 Å². The van der Waals surface area contributed by atoms with Gasteiger partial charge in [0.2, 0.25) is 0 Å². The highest BCUT2D eigenvalue weighted by molar-refractivity contribution is 6.45. The Morgan fingerprint density at radius 1 is 1.39 bits per heavy atom. The number of aliphatic carboxylic acids is 1. The van der Waals surface area contributed by atoms with Crippen molar-refractivity contribution in [3.63, 3.8) is 0 Å².